The summed E-state index contributed by atoms with van der Waals surface area (Å²) in [5.74, 6) is -0.995. The van der Waals surface area contributed by atoms with E-state index in [-0.39, 0.29) is 12.0 Å². The Morgan fingerprint density at radius 2 is 2.00 bits per heavy atom. The van der Waals surface area contributed by atoms with Crippen LogP contribution in [0.25, 0.3) is 0 Å². The highest BCUT2D eigenvalue weighted by Crippen LogP contribution is 2.33. The molecule has 5 heteroatoms. The Kier molecular flexibility index (Phi) is 4.25. The van der Waals surface area contributed by atoms with Crippen molar-refractivity contribution in [3.63, 3.8) is 0 Å². The minimum atomic E-state index is -0.725. The molecule has 5 nitrogen and oxygen atoms in total. The summed E-state index contributed by atoms with van der Waals surface area (Å²) in [6.45, 7) is 2.50. The number of nitrogens with two attached hydrogens (primary N) is 1. The number of carbonyl (C=O) groups is 1. The summed E-state index contributed by atoms with van der Waals surface area (Å²) in [6, 6.07) is 0.220. The maximum atomic E-state index is 10.9. The molecule has 2 aliphatic rings. The van der Waals surface area contributed by atoms with E-state index in [4.69, 9.17) is 10.8 Å². The van der Waals surface area contributed by atoms with Gasteiger partial charge in [-0.1, -0.05) is 0 Å². The molecule has 0 aromatic rings. The quantitative estimate of drug-likeness (QED) is 0.681. The maximum Gasteiger partial charge on any atom is 0.306 e. The van der Waals surface area contributed by atoms with Gasteiger partial charge in [0, 0.05) is 19.1 Å². The Morgan fingerprint density at radius 1 is 1.33 bits per heavy atom. The Labute approximate surface area is 108 Å². The number of hydrogen-bond acceptors (Lipinski definition) is 4. The van der Waals surface area contributed by atoms with Gasteiger partial charge in [0.15, 0.2) is 0 Å². The van der Waals surface area contributed by atoms with E-state index in [9.17, 15) is 9.90 Å². The van der Waals surface area contributed by atoms with Crippen molar-refractivity contribution in [1.82, 2.24) is 4.90 Å². The molecule has 0 aromatic carbocycles. The summed E-state index contributed by atoms with van der Waals surface area (Å²) in [5.41, 5.74) is 5.23. The summed E-state index contributed by atoms with van der Waals surface area (Å²) < 4.78 is 0. The summed E-state index contributed by atoms with van der Waals surface area (Å²) in [7, 11) is 0. The monoisotopic (exact) mass is 256 g/mol. The van der Waals surface area contributed by atoms with E-state index < -0.39 is 11.6 Å². The molecule has 1 saturated carbocycles. The fraction of sp³-hybridized carbons (Fsp3) is 0.923. The first-order valence-electron chi connectivity index (χ1n) is 6.92. The SMILES string of the molecule is NC1CCCN(CC2(O)CCC(C(=O)O)CC2)C1. The van der Waals surface area contributed by atoms with Gasteiger partial charge in [-0.05, 0) is 45.1 Å². The maximum absolute atomic E-state index is 10.9. The van der Waals surface area contributed by atoms with E-state index in [1.54, 1.807) is 0 Å². The lowest BCUT2D eigenvalue weighted by atomic mass is 9.78. The fourth-order valence-electron chi connectivity index (χ4n) is 3.21. The predicted molar refractivity (Wildman–Crippen MR) is 68.2 cm³/mol. The minimum Gasteiger partial charge on any atom is -0.481 e. The molecule has 18 heavy (non-hydrogen) atoms. The number of piperidine rings is 1. The third-order valence-corrected chi connectivity index (χ3v) is 4.33. The number of aliphatic hydroxyl groups is 1. The summed E-state index contributed by atoms with van der Waals surface area (Å²) in [5, 5.41) is 19.5. The van der Waals surface area contributed by atoms with Gasteiger partial charge in [-0.25, -0.2) is 0 Å². The van der Waals surface area contributed by atoms with Gasteiger partial charge in [0.05, 0.1) is 11.5 Å². The lowest BCUT2D eigenvalue weighted by molar-refractivity contribution is -0.145. The number of rotatable bonds is 3. The normalized spacial score (nSPS) is 38.6. The molecule has 0 amide bonds. The molecule has 1 saturated heterocycles. The van der Waals surface area contributed by atoms with E-state index in [1.165, 1.54) is 0 Å². The molecule has 1 atom stereocenters. The van der Waals surface area contributed by atoms with Crippen molar-refractivity contribution < 1.29 is 15.0 Å². The summed E-state index contributed by atoms with van der Waals surface area (Å²) in [4.78, 5) is 13.1. The lowest BCUT2D eigenvalue weighted by Gasteiger charge is -2.40. The summed E-state index contributed by atoms with van der Waals surface area (Å²) >= 11 is 0. The first kappa shape index (κ1) is 13.8. The van der Waals surface area contributed by atoms with Crippen LogP contribution in [0.15, 0.2) is 0 Å². The van der Waals surface area contributed by atoms with E-state index in [1.807, 2.05) is 0 Å². The topological polar surface area (TPSA) is 86.8 Å². The van der Waals surface area contributed by atoms with Crippen LogP contribution in [0.3, 0.4) is 0 Å². The van der Waals surface area contributed by atoms with Gasteiger partial charge in [-0.15, -0.1) is 0 Å². The van der Waals surface area contributed by atoms with Crippen molar-refractivity contribution in [3.8, 4) is 0 Å². The van der Waals surface area contributed by atoms with Crippen LogP contribution in [0.2, 0.25) is 0 Å². The van der Waals surface area contributed by atoms with E-state index in [0.29, 0.717) is 32.2 Å². The van der Waals surface area contributed by atoms with Crippen LogP contribution in [0.1, 0.15) is 38.5 Å². The van der Waals surface area contributed by atoms with Crippen LogP contribution in [0.5, 0.6) is 0 Å². The van der Waals surface area contributed by atoms with Crippen molar-refractivity contribution in [2.45, 2.75) is 50.2 Å². The second kappa shape index (κ2) is 5.55. The highest BCUT2D eigenvalue weighted by Gasteiger charge is 2.37. The molecule has 0 aromatic heterocycles. The number of likely N-dealkylation sites (tertiary alicyclic amines) is 1. The molecule has 2 rings (SSSR count). The molecule has 1 heterocycles. The predicted octanol–water partition coefficient (Wildman–Crippen LogP) is 0.415. The fourth-order valence-corrected chi connectivity index (χ4v) is 3.21. The van der Waals surface area contributed by atoms with Crippen LogP contribution in [-0.4, -0.2) is 52.4 Å². The molecular weight excluding hydrogens is 232 g/mol. The number of carboxylic acid groups (broad SMARTS) is 1. The minimum absolute atomic E-state index is 0.220. The number of hydrogen-bond donors (Lipinski definition) is 3. The van der Waals surface area contributed by atoms with E-state index >= 15 is 0 Å². The Hall–Kier alpha value is -0.650. The van der Waals surface area contributed by atoms with Crippen molar-refractivity contribution in [2.24, 2.45) is 11.7 Å². The van der Waals surface area contributed by atoms with Crippen LogP contribution < -0.4 is 5.73 Å². The zero-order chi connectivity index (χ0) is 13.2. The second-order valence-corrected chi connectivity index (χ2v) is 5.97. The lowest BCUT2D eigenvalue weighted by Crippen LogP contribution is -2.51. The zero-order valence-electron chi connectivity index (χ0n) is 10.8. The van der Waals surface area contributed by atoms with E-state index in [2.05, 4.69) is 4.90 Å². The summed E-state index contributed by atoms with van der Waals surface area (Å²) in [6.07, 6.45) is 4.52. The first-order valence-corrected chi connectivity index (χ1v) is 6.92. The highest BCUT2D eigenvalue weighted by molar-refractivity contribution is 5.70. The standard InChI is InChI=1S/C13H24N2O3/c14-11-2-1-7-15(8-11)9-13(18)5-3-10(4-6-13)12(16)17/h10-11,18H,1-9,14H2,(H,16,17). The van der Waals surface area contributed by atoms with Gasteiger partial charge in [-0.3, -0.25) is 9.69 Å². The van der Waals surface area contributed by atoms with Crippen LogP contribution in [-0.2, 0) is 4.79 Å². The Balaban J connectivity index is 1.83. The van der Waals surface area contributed by atoms with Gasteiger partial charge in [-0.2, -0.15) is 0 Å². The largest absolute Gasteiger partial charge is 0.481 e. The average molecular weight is 256 g/mol. The first-order chi connectivity index (χ1) is 8.48. The van der Waals surface area contributed by atoms with Crippen molar-refractivity contribution in [1.29, 1.82) is 0 Å². The average Bonchev–Trinajstić information content (AvgIpc) is 2.29. The van der Waals surface area contributed by atoms with Gasteiger partial charge >= 0.3 is 5.97 Å². The molecule has 2 fully saturated rings. The van der Waals surface area contributed by atoms with Crippen LogP contribution in [0, 0.1) is 5.92 Å². The Morgan fingerprint density at radius 3 is 2.56 bits per heavy atom. The molecule has 104 valence electrons. The van der Waals surface area contributed by atoms with Gasteiger partial charge in [0.1, 0.15) is 0 Å². The van der Waals surface area contributed by atoms with Crippen LogP contribution in [0.4, 0.5) is 0 Å². The number of nitrogens with zero attached hydrogens (tertiary/aromatic N) is 1. The molecule has 4 N–H and O–H groups in total. The highest BCUT2D eigenvalue weighted by atomic mass is 16.4. The molecule has 0 bridgehead atoms. The second-order valence-electron chi connectivity index (χ2n) is 5.97. The van der Waals surface area contributed by atoms with Gasteiger partial charge in [0.2, 0.25) is 0 Å². The van der Waals surface area contributed by atoms with Gasteiger partial charge < -0.3 is 15.9 Å². The third kappa shape index (κ3) is 3.43. The van der Waals surface area contributed by atoms with Gasteiger partial charge in [0.25, 0.3) is 0 Å². The molecule has 1 unspecified atom stereocenters. The number of aliphatic carboxylic acids is 1. The molecule has 1 aliphatic heterocycles. The molecule has 0 spiro atoms. The molecular formula is C13H24N2O3. The van der Waals surface area contributed by atoms with Crippen molar-refractivity contribution in [3.05, 3.63) is 0 Å². The van der Waals surface area contributed by atoms with Crippen molar-refractivity contribution >= 4 is 5.97 Å². The van der Waals surface area contributed by atoms with E-state index in [0.717, 1.165) is 25.9 Å². The zero-order valence-corrected chi connectivity index (χ0v) is 10.8. The molecule has 1 aliphatic carbocycles. The smallest absolute Gasteiger partial charge is 0.306 e. The molecule has 0 radical (unpaired) electrons. The van der Waals surface area contributed by atoms with Crippen LogP contribution >= 0.6 is 0 Å². The van der Waals surface area contributed by atoms with Crippen molar-refractivity contribution in [2.75, 3.05) is 19.6 Å². The number of carboxylic acids is 1. The Bertz CT molecular complexity index is 301. The third-order valence-electron chi connectivity index (χ3n) is 4.33. The number of β-amino-alcohol motifs (C(OH)–C–C–N with tert-alkyl or cyclic N) is 1.